The van der Waals surface area contributed by atoms with Gasteiger partial charge in [-0.1, -0.05) is 26.0 Å². The van der Waals surface area contributed by atoms with Crippen LogP contribution in [0.25, 0.3) is 0 Å². The lowest BCUT2D eigenvalue weighted by atomic mass is 10.0. The van der Waals surface area contributed by atoms with Crippen molar-refractivity contribution in [3.05, 3.63) is 47.5 Å². The molecule has 1 fully saturated rings. The van der Waals surface area contributed by atoms with Gasteiger partial charge >= 0.3 is 0 Å². The molecule has 0 saturated carbocycles. The lowest BCUT2D eigenvalue weighted by Gasteiger charge is -2.34. The van der Waals surface area contributed by atoms with Crippen molar-refractivity contribution in [1.29, 1.82) is 0 Å². The Hall–Kier alpha value is -2.78. The number of hydrogen-bond donors (Lipinski definition) is 0. The summed E-state index contributed by atoms with van der Waals surface area (Å²) >= 11 is 0. The molecule has 0 spiro atoms. The van der Waals surface area contributed by atoms with E-state index < -0.39 is 10.0 Å². The van der Waals surface area contributed by atoms with Gasteiger partial charge in [0.15, 0.2) is 11.5 Å². The molecule has 0 bridgehead atoms. The third-order valence-corrected chi connectivity index (χ3v) is 8.04. The van der Waals surface area contributed by atoms with Crippen LogP contribution >= 0.6 is 0 Å². The van der Waals surface area contributed by atoms with Crippen LogP contribution in [0.3, 0.4) is 0 Å². The summed E-state index contributed by atoms with van der Waals surface area (Å²) in [6.07, 6.45) is 0.818. The number of rotatable bonds is 9. The zero-order valence-electron chi connectivity index (χ0n) is 20.5. The quantitative estimate of drug-likeness (QED) is 0.536. The minimum absolute atomic E-state index is 0.00733. The molecule has 186 valence electrons. The Morgan fingerprint density at radius 1 is 0.912 bits per heavy atom. The number of aryl methyl sites for hydroxylation is 1. The summed E-state index contributed by atoms with van der Waals surface area (Å²) in [7, 11) is 1.08. The molecule has 1 heterocycles. The van der Waals surface area contributed by atoms with Crippen molar-refractivity contribution < 1.29 is 27.4 Å². The molecular weight excluding hydrogens is 456 g/mol. The topological polar surface area (TPSA) is 85.4 Å². The van der Waals surface area contributed by atoms with Crippen molar-refractivity contribution in [3.8, 4) is 17.2 Å². The number of methoxy groups -OCH3 is 3. The highest BCUT2D eigenvalue weighted by molar-refractivity contribution is 7.89. The van der Waals surface area contributed by atoms with Crippen LogP contribution < -0.4 is 14.2 Å². The van der Waals surface area contributed by atoms with Crippen molar-refractivity contribution in [2.45, 2.75) is 37.5 Å². The van der Waals surface area contributed by atoms with E-state index in [1.54, 1.807) is 38.4 Å². The van der Waals surface area contributed by atoms with Crippen LogP contribution in [-0.4, -0.2) is 71.0 Å². The summed E-state index contributed by atoms with van der Waals surface area (Å²) in [4.78, 5) is 14.8. The lowest BCUT2D eigenvalue weighted by Crippen LogP contribution is -2.50. The minimum atomic E-state index is -3.58. The summed E-state index contributed by atoms with van der Waals surface area (Å²) in [6.45, 7) is 5.45. The summed E-state index contributed by atoms with van der Waals surface area (Å²) < 4.78 is 43.6. The summed E-state index contributed by atoms with van der Waals surface area (Å²) in [5, 5.41) is 0. The zero-order valence-corrected chi connectivity index (χ0v) is 21.4. The van der Waals surface area contributed by atoms with Crippen LogP contribution in [0.5, 0.6) is 17.2 Å². The smallest absolute Gasteiger partial charge is 0.243 e. The van der Waals surface area contributed by atoms with E-state index in [-0.39, 0.29) is 19.0 Å². The van der Waals surface area contributed by atoms with Crippen LogP contribution in [0.2, 0.25) is 0 Å². The molecule has 0 aliphatic carbocycles. The highest BCUT2D eigenvalue weighted by atomic mass is 32.2. The number of benzene rings is 2. The van der Waals surface area contributed by atoms with Gasteiger partial charge in [0.1, 0.15) is 0 Å². The molecule has 0 radical (unpaired) electrons. The molecule has 1 saturated heterocycles. The first kappa shape index (κ1) is 25.8. The Morgan fingerprint density at radius 3 is 1.94 bits per heavy atom. The number of hydrogen-bond acceptors (Lipinski definition) is 6. The fraction of sp³-hybridized carbons (Fsp3) is 0.480. The molecule has 0 aromatic heterocycles. The number of sulfonamides is 1. The van der Waals surface area contributed by atoms with Gasteiger partial charge in [-0.15, -0.1) is 0 Å². The van der Waals surface area contributed by atoms with Crippen LogP contribution in [0.15, 0.2) is 41.3 Å². The molecule has 2 aromatic rings. The van der Waals surface area contributed by atoms with E-state index in [2.05, 4.69) is 13.8 Å². The first-order valence-corrected chi connectivity index (χ1v) is 12.8. The van der Waals surface area contributed by atoms with Crippen molar-refractivity contribution in [1.82, 2.24) is 9.21 Å². The Morgan fingerprint density at radius 2 is 1.47 bits per heavy atom. The second kappa shape index (κ2) is 11.1. The number of piperazine rings is 1. The fourth-order valence-corrected chi connectivity index (χ4v) is 5.46. The van der Waals surface area contributed by atoms with Crippen molar-refractivity contribution in [2.75, 3.05) is 47.5 Å². The number of carbonyl (C=O) groups excluding carboxylic acids is 1. The Bertz CT molecular complexity index is 1070. The maximum atomic E-state index is 13.0. The molecule has 9 heteroatoms. The molecule has 1 aliphatic heterocycles. The van der Waals surface area contributed by atoms with Gasteiger partial charge in [-0.2, -0.15) is 4.31 Å². The van der Waals surface area contributed by atoms with Gasteiger partial charge in [0, 0.05) is 32.6 Å². The number of nitrogens with zero attached hydrogens (tertiary/aromatic N) is 2. The van der Waals surface area contributed by atoms with Crippen LogP contribution in [-0.2, 0) is 21.2 Å². The van der Waals surface area contributed by atoms with E-state index in [1.807, 2.05) is 24.3 Å². The number of carbonyl (C=O) groups is 1. The molecule has 3 rings (SSSR count). The first-order chi connectivity index (χ1) is 16.2. The Labute approximate surface area is 202 Å². The van der Waals surface area contributed by atoms with E-state index in [0.717, 1.165) is 11.1 Å². The molecule has 0 N–H and O–H groups in total. The van der Waals surface area contributed by atoms with Gasteiger partial charge < -0.3 is 19.1 Å². The maximum Gasteiger partial charge on any atom is 0.243 e. The first-order valence-electron chi connectivity index (χ1n) is 11.4. The van der Waals surface area contributed by atoms with Gasteiger partial charge in [0.2, 0.25) is 21.7 Å². The molecular formula is C25H34N2O6S. The van der Waals surface area contributed by atoms with Gasteiger partial charge in [-0.3, -0.25) is 4.79 Å². The summed E-state index contributed by atoms with van der Waals surface area (Å²) in [5.41, 5.74) is 2.00. The number of ether oxygens (including phenoxy) is 3. The van der Waals surface area contributed by atoms with Gasteiger partial charge in [-0.25, -0.2) is 8.42 Å². The zero-order chi connectivity index (χ0) is 24.9. The van der Waals surface area contributed by atoms with Crippen LogP contribution in [0, 0.1) is 0 Å². The molecule has 34 heavy (non-hydrogen) atoms. The molecule has 1 aliphatic rings. The van der Waals surface area contributed by atoms with Crippen molar-refractivity contribution in [3.63, 3.8) is 0 Å². The van der Waals surface area contributed by atoms with Crippen LogP contribution in [0.4, 0.5) is 0 Å². The molecule has 1 amide bonds. The van der Waals surface area contributed by atoms with Crippen molar-refractivity contribution in [2.24, 2.45) is 0 Å². The Kier molecular flexibility index (Phi) is 8.43. The minimum Gasteiger partial charge on any atom is -0.493 e. The third-order valence-electron chi connectivity index (χ3n) is 6.13. The predicted octanol–water partition coefficient (Wildman–Crippen LogP) is 3.30. The van der Waals surface area contributed by atoms with E-state index in [4.69, 9.17) is 14.2 Å². The highest BCUT2D eigenvalue weighted by Gasteiger charge is 2.30. The van der Waals surface area contributed by atoms with Gasteiger partial charge in [0.25, 0.3) is 0 Å². The van der Waals surface area contributed by atoms with E-state index >= 15 is 0 Å². The lowest BCUT2D eigenvalue weighted by molar-refractivity contribution is -0.132. The SMILES string of the molecule is COc1cc(CCC(=O)N2CCN(S(=O)(=O)c3ccc(C(C)C)cc3)CC2)cc(OC)c1OC. The highest BCUT2D eigenvalue weighted by Crippen LogP contribution is 2.38. The standard InChI is InChI=1S/C25H34N2O6S/c1-18(2)20-7-9-21(10-8-20)34(29,30)27-14-12-26(13-15-27)24(28)11-6-19-16-22(31-3)25(33-5)23(17-19)32-4/h7-10,16-18H,6,11-15H2,1-5H3. The largest absolute Gasteiger partial charge is 0.493 e. The summed E-state index contributed by atoms with van der Waals surface area (Å²) in [6, 6.07) is 10.7. The average molecular weight is 491 g/mol. The average Bonchev–Trinajstić information content (AvgIpc) is 2.86. The second-order valence-corrected chi connectivity index (χ2v) is 10.5. The molecule has 0 atom stereocenters. The monoisotopic (exact) mass is 490 g/mol. The van der Waals surface area contributed by atoms with Gasteiger partial charge in [0.05, 0.1) is 26.2 Å². The van der Waals surface area contributed by atoms with Crippen LogP contribution in [0.1, 0.15) is 37.3 Å². The van der Waals surface area contributed by atoms with E-state index in [1.165, 1.54) is 4.31 Å². The normalized spacial score (nSPS) is 14.8. The molecule has 0 unspecified atom stereocenters. The van der Waals surface area contributed by atoms with Gasteiger partial charge in [-0.05, 0) is 47.7 Å². The third kappa shape index (κ3) is 5.64. The fourth-order valence-electron chi connectivity index (χ4n) is 4.04. The Balaban J connectivity index is 1.58. The second-order valence-electron chi connectivity index (χ2n) is 8.54. The predicted molar refractivity (Wildman–Crippen MR) is 130 cm³/mol. The van der Waals surface area contributed by atoms with E-state index in [0.29, 0.717) is 54.0 Å². The molecule has 8 nitrogen and oxygen atoms in total. The van der Waals surface area contributed by atoms with Crippen molar-refractivity contribution >= 4 is 15.9 Å². The maximum absolute atomic E-state index is 13.0. The molecule has 2 aromatic carbocycles. The van der Waals surface area contributed by atoms with E-state index in [9.17, 15) is 13.2 Å². The number of amides is 1. The summed E-state index contributed by atoms with van der Waals surface area (Å²) in [5.74, 6) is 1.93.